The van der Waals surface area contributed by atoms with Crippen LogP contribution in [0.1, 0.15) is 20.8 Å². The molecule has 3 rings (SSSR count). The highest BCUT2D eigenvalue weighted by Gasteiger charge is 2.28. The van der Waals surface area contributed by atoms with Crippen LogP contribution in [0.15, 0.2) is 10.5 Å². The lowest BCUT2D eigenvalue weighted by molar-refractivity contribution is 0.0240. The van der Waals surface area contributed by atoms with Crippen LogP contribution < -0.4 is 9.64 Å². The first-order chi connectivity index (χ1) is 15.0. The minimum absolute atomic E-state index is 0.0945. The van der Waals surface area contributed by atoms with Gasteiger partial charge in [0, 0.05) is 38.1 Å². The van der Waals surface area contributed by atoms with Crippen molar-refractivity contribution in [3.8, 4) is 6.01 Å². The number of piperazine rings is 1. The molecule has 0 atom stereocenters. The number of halogens is 3. The Morgan fingerprint density at radius 2 is 1.91 bits per heavy atom. The van der Waals surface area contributed by atoms with E-state index >= 15 is 0 Å². The van der Waals surface area contributed by atoms with Gasteiger partial charge in [-0.3, -0.25) is 0 Å². The van der Waals surface area contributed by atoms with Gasteiger partial charge < -0.3 is 24.2 Å². The highest BCUT2D eigenvalue weighted by molar-refractivity contribution is 9.10. The van der Waals surface area contributed by atoms with Crippen molar-refractivity contribution < 1.29 is 18.7 Å². The first-order valence-electron chi connectivity index (χ1n) is 10.3. The SMILES string of the molecule is CN(C)CCOc1nc(N2CCN(C(=O)OC(C)(C)C)CC2)c2cc(Cl)c(Br)c(F)c2n1. The Balaban J connectivity index is 1.88. The maximum Gasteiger partial charge on any atom is 0.410 e. The minimum Gasteiger partial charge on any atom is -0.462 e. The van der Waals surface area contributed by atoms with E-state index < -0.39 is 11.4 Å². The van der Waals surface area contributed by atoms with Crippen molar-refractivity contribution >= 4 is 50.3 Å². The predicted molar refractivity (Wildman–Crippen MR) is 126 cm³/mol. The molecule has 1 aliphatic rings. The van der Waals surface area contributed by atoms with Crippen LogP contribution >= 0.6 is 27.5 Å². The summed E-state index contributed by atoms with van der Waals surface area (Å²) in [4.78, 5) is 26.8. The van der Waals surface area contributed by atoms with Crippen molar-refractivity contribution in [3.63, 3.8) is 0 Å². The number of benzene rings is 1. The van der Waals surface area contributed by atoms with E-state index in [4.69, 9.17) is 21.1 Å². The van der Waals surface area contributed by atoms with Crippen LogP contribution in [-0.4, -0.2) is 84.9 Å². The van der Waals surface area contributed by atoms with Crippen molar-refractivity contribution in [3.05, 3.63) is 21.4 Å². The summed E-state index contributed by atoms with van der Waals surface area (Å²) < 4.78 is 26.3. The van der Waals surface area contributed by atoms with E-state index in [9.17, 15) is 9.18 Å². The third-order valence-corrected chi connectivity index (χ3v) is 6.09. The molecule has 1 saturated heterocycles. The van der Waals surface area contributed by atoms with E-state index in [1.165, 1.54) is 0 Å². The van der Waals surface area contributed by atoms with Crippen LogP contribution in [0.25, 0.3) is 10.9 Å². The average Bonchev–Trinajstić information content (AvgIpc) is 2.71. The third-order valence-electron chi connectivity index (χ3n) is 4.79. The topological polar surface area (TPSA) is 71.0 Å². The molecule has 0 saturated carbocycles. The summed E-state index contributed by atoms with van der Waals surface area (Å²) >= 11 is 9.40. The molecule has 0 aliphatic carbocycles. The Bertz CT molecular complexity index is 994. The Hall–Kier alpha value is -1.91. The summed E-state index contributed by atoms with van der Waals surface area (Å²) in [7, 11) is 3.86. The summed E-state index contributed by atoms with van der Waals surface area (Å²) in [6.07, 6.45) is -0.351. The van der Waals surface area contributed by atoms with Gasteiger partial charge in [-0.1, -0.05) is 11.6 Å². The maximum atomic E-state index is 15.0. The van der Waals surface area contributed by atoms with Crippen molar-refractivity contribution in [2.75, 3.05) is 58.3 Å². The minimum atomic E-state index is -0.569. The Labute approximate surface area is 200 Å². The van der Waals surface area contributed by atoms with Crippen LogP contribution in [-0.2, 0) is 4.74 Å². The summed E-state index contributed by atoms with van der Waals surface area (Å²) in [5, 5.41) is 0.717. The number of hydrogen-bond acceptors (Lipinski definition) is 7. The molecule has 1 fully saturated rings. The highest BCUT2D eigenvalue weighted by Crippen LogP contribution is 2.36. The molecule has 2 aromatic rings. The van der Waals surface area contributed by atoms with Crippen molar-refractivity contribution in [2.45, 2.75) is 26.4 Å². The van der Waals surface area contributed by atoms with Gasteiger partial charge in [-0.25, -0.2) is 9.18 Å². The van der Waals surface area contributed by atoms with Crippen LogP contribution in [0, 0.1) is 5.82 Å². The van der Waals surface area contributed by atoms with E-state index in [0.29, 0.717) is 50.5 Å². The number of anilines is 1. The lowest BCUT2D eigenvalue weighted by atomic mass is 10.2. The highest BCUT2D eigenvalue weighted by atomic mass is 79.9. The monoisotopic (exact) mass is 531 g/mol. The summed E-state index contributed by atoms with van der Waals surface area (Å²) in [5.74, 6) is -0.0482. The summed E-state index contributed by atoms with van der Waals surface area (Å²) in [6.45, 7) is 8.43. The van der Waals surface area contributed by atoms with Gasteiger partial charge in [-0.2, -0.15) is 9.97 Å². The summed E-state index contributed by atoms with van der Waals surface area (Å²) in [6, 6.07) is 1.74. The van der Waals surface area contributed by atoms with Gasteiger partial charge in [0.1, 0.15) is 23.5 Å². The zero-order valence-corrected chi connectivity index (χ0v) is 21.3. The van der Waals surface area contributed by atoms with Crippen LogP contribution in [0.2, 0.25) is 5.02 Å². The molecule has 2 heterocycles. The molecular weight excluding hydrogens is 505 g/mol. The van der Waals surface area contributed by atoms with Crippen molar-refractivity contribution in [1.82, 2.24) is 19.8 Å². The number of nitrogens with zero attached hydrogens (tertiary/aromatic N) is 5. The number of aromatic nitrogens is 2. The Morgan fingerprint density at radius 1 is 1.25 bits per heavy atom. The molecular formula is C21H28BrClFN5O3. The van der Waals surface area contributed by atoms with Gasteiger partial charge >= 0.3 is 12.1 Å². The molecule has 0 spiro atoms. The lowest BCUT2D eigenvalue weighted by Gasteiger charge is -2.36. The van der Waals surface area contributed by atoms with Crippen LogP contribution in [0.4, 0.5) is 15.0 Å². The van der Waals surface area contributed by atoms with Gasteiger partial charge in [0.15, 0.2) is 5.82 Å². The standard InChI is InChI=1S/C21H28BrClFN5O3/c1-21(2,3)32-20(30)29-8-6-28(7-9-29)18-13-12-14(23)15(22)16(24)17(13)25-19(26-18)31-11-10-27(4)5/h12H,6-11H2,1-5H3. The number of likely N-dealkylation sites (N-methyl/N-ethyl adjacent to an activating group) is 1. The first-order valence-corrected chi connectivity index (χ1v) is 11.5. The quantitative estimate of drug-likeness (QED) is 0.535. The molecule has 1 aromatic carbocycles. The second-order valence-corrected chi connectivity index (χ2v) is 10.0. The molecule has 1 amide bonds. The molecule has 1 aliphatic heterocycles. The number of hydrogen-bond donors (Lipinski definition) is 0. The Kier molecular flexibility index (Phi) is 7.67. The molecule has 0 bridgehead atoms. The number of fused-ring (bicyclic) bond motifs is 1. The lowest BCUT2D eigenvalue weighted by Crippen LogP contribution is -2.50. The van der Waals surface area contributed by atoms with E-state index in [1.807, 2.05) is 44.7 Å². The second kappa shape index (κ2) is 9.93. The van der Waals surface area contributed by atoms with Gasteiger partial charge in [-0.15, -0.1) is 0 Å². The van der Waals surface area contributed by atoms with E-state index in [2.05, 4.69) is 25.9 Å². The molecule has 0 N–H and O–H groups in total. The van der Waals surface area contributed by atoms with E-state index in [1.54, 1.807) is 11.0 Å². The molecule has 0 radical (unpaired) electrons. The first kappa shape index (κ1) is 24.7. The fraction of sp³-hybridized carbons (Fsp3) is 0.571. The van der Waals surface area contributed by atoms with Gasteiger partial charge in [0.25, 0.3) is 0 Å². The zero-order chi connectivity index (χ0) is 23.6. The maximum absolute atomic E-state index is 15.0. The number of amides is 1. The van der Waals surface area contributed by atoms with E-state index in [0.717, 1.165) is 0 Å². The van der Waals surface area contributed by atoms with E-state index in [-0.39, 0.29) is 27.1 Å². The Morgan fingerprint density at radius 3 is 2.50 bits per heavy atom. The normalized spacial score (nSPS) is 14.9. The molecule has 11 heteroatoms. The second-order valence-electron chi connectivity index (χ2n) is 8.82. The van der Waals surface area contributed by atoms with Gasteiger partial charge in [0.05, 0.1) is 9.50 Å². The molecule has 176 valence electrons. The average molecular weight is 533 g/mol. The molecule has 0 unspecified atom stereocenters. The number of rotatable bonds is 5. The number of carbonyl (C=O) groups is 1. The number of carbonyl (C=O) groups excluding carboxylic acids is 1. The fourth-order valence-electron chi connectivity index (χ4n) is 3.19. The smallest absolute Gasteiger partial charge is 0.410 e. The van der Waals surface area contributed by atoms with Crippen LogP contribution in [0.5, 0.6) is 6.01 Å². The number of ether oxygens (including phenoxy) is 2. The van der Waals surface area contributed by atoms with Gasteiger partial charge in [-0.05, 0) is 56.9 Å². The van der Waals surface area contributed by atoms with Crippen molar-refractivity contribution in [2.24, 2.45) is 0 Å². The van der Waals surface area contributed by atoms with Gasteiger partial charge in [0.2, 0.25) is 0 Å². The zero-order valence-electron chi connectivity index (χ0n) is 18.9. The van der Waals surface area contributed by atoms with Crippen LogP contribution in [0.3, 0.4) is 0 Å². The predicted octanol–water partition coefficient (Wildman–Crippen LogP) is 4.18. The largest absolute Gasteiger partial charge is 0.462 e. The van der Waals surface area contributed by atoms with Crippen molar-refractivity contribution in [1.29, 1.82) is 0 Å². The summed E-state index contributed by atoms with van der Waals surface area (Å²) in [5.41, 5.74) is -0.432. The molecule has 8 nitrogen and oxygen atoms in total. The molecule has 32 heavy (non-hydrogen) atoms. The third kappa shape index (κ3) is 5.90. The molecule has 1 aromatic heterocycles. The fourth-order valence-corrected chi connectivity index (χ4v) is 3.68.